The number of amides is 2. The number of thiophene rings is 1. The number of hydrogen-bond acceptors (Lipinski definition) is 4. The van der Waals surface area contributed by atoms with Gasteiger partial charge in [-0.1, -0.05) is 41.9 Å². The van der Waals surface area contributed by atoms with Crippen molar-refractivity contribution in [1.82, 2.24) is 4.98 Å². The lowest BCUT2D eigenvalue weighted by atomic mass is 10.1. The highest BCUT2D eigenvalue weighted by molar-refractivity contribution is 7.20. The van der Waals surface area contributed by atoms with Crippen molar-refractivity contribution in [3.8, 4) is 10.4 Å². The van der Waals surface area contributed by atoms with Crippen molar-refractivity contribution in [3.63, 3.8) is 0 Å². The summed E-state index contributed by atoms with van der Waals surface area (Å²) < 4.78 is 0. The molecular formula is C17H12ClN3O2S. The Morgan fingerprint density at radius 3 is 2.50 bits per heavy atom. The maximum absolute atomic E-state index is 12.4. The van der Waals surface area contributed by atoms with Crippen LogP contribution in [0.2, 0.25) is 5.15 Å². The van der Waals surface area contributed by atoms with E-state index >= 15 is 0 Å². The van der Waals surface area contributed by atoms with Crippen molar-refractivity contribution in [1.29, 1.82) is 0 Å². The van der Waals surface area contributed by atoms with E-state index in [1.54, 1.807) is 18.2 Å². The maximum atomic E-state index is 12.4. The summed E-state index contributed by atoms with van der Waals surface area (Å²) in [6, 6.07) is 14.4. The van der Waals surface area contributed by atoms with Crippen molar-refractivity contribution in [2.24, 2.45) is 5.73 Å². The summed E-state index contributed by atoms with van der Waals surface area (Å²) in [5, 5.41) is 3.17. The molecule has 0 aliphatic carbocycles. The van der Waals surface area contributed by atoms with E-state index in [-0.39, 0.29) is 16.3 Å². The van der Waals surface area contributed by atoms with Gasteiger partial charge in [0.05, 0.1) is 11.1 Å². The molecule has 3 rings (SSSR count). The number of halogens is 1. The van der Waals surface area contributed by atoms with Gasteiger partial charge in [-0.25, -0.2) is 4.98 Å². The molecule has 0 saturated heterocycles. The van der Waals surface area contributed by atoms with Crippen molar-refractivity contribution >= 4 is 39.8 Å². The van der Waals surface area contributed by atoms with E-state index in [1.165, 1.54) is 17.5 Å². The van der Waals surface area contributed by atoms with Gasteiger partial charge in [0.2, 0.25) is 0 Å². The lowest BCUT2D eigenvalue weighted by molar-refractivity contribution is 0.100. The van der Waals surface area contributed by atoms with Gasteiger partial charge in [-0.05, 0) is 23.8 Å². The molecule has 24 heavy (non-hydrogen) atoms. The summed E-state index contributed by atoms with van der Waals surface area (Å²) in [6.07, 6.45) is 1.49. The zero-order chi connectivity index (χ0) is 17.1. The van der Waals surface area contributed by atoms with E-state index in [0.29, 0.717) is 5.00 Å². The topological polar surface area (TPSA) is 85.1 Å². The zero-order valence-electron chi connectivity index (χ0n) is 12.3. The molecule has 1 aromatic carbocycles. The van der Waals surface area contributed by atoms with Crippen LogP contribution < -0.4 is 11.1 Å². The predicted molar refractivity (Wildman–Crippen MR) is 95.5 cm³/mol. The molecule has 0 spiro atoms. The highest BCUT2D eigenvalue weighted by Gasteiger charge is 2.19. The molecule has 3 N–H and O–H groups in total. The monoisotopic (exact) mass is 357 g/mol. The first-order chi connectivity index (χ1) is 11.6. The Kier molecular flexibility index (Phi) is 4.59. The number of nitrogens with one attached hydrogen (secondary N) is 1. The smallest absolute Gasteiger partial charge is 0.259 e. The molecule has 3 aromatic rings. The Labute approximate surface area is 147 Å². The fourth-order valence-electron chi connectivity index (χ4n) is 2.14. The van der Waals surface area contributed by atoms with Crippen LogP contribution in [0.3, 0.4) is 0 Å². The van der Waals surface area contributed by atoms with Gasteiger partial charge >= 0.3 is 0 Å². The van der Waals surface area contributed by atoms with E-state index in [4.69, 9.17) is 17.3 Å². The first-order valence-corrected chi connectivity index (χ1v) is 8.16. The third kappa shape index (κ3) is 3.29. The maximum Gasteiger partial charge on any atom is 0.259 e. The van der Waals surface area contributed by atoms with E-state index in [9.17, 15) is 9.59 Å². The van der Waals surface area contributed by atoms with Crippen LogP contribution in [0.15, 0.2) is 54.7 Å². The van der Waals surface area contributed by atoms with Gasteiger partial charge < -0.3 is 11.1 Å². The Bertz CT molecular complexity index is 909. The van der Waals surface area contributed by atoms with E-state index in [1.807, 2.05) is 30.3 Å². The highest BCUT2D eigenvalue weighted by Crippen LogP contribution is 2.35. The summed E-state index contributed by atoms with van der Waals surface area (Å²) in [4.78, 5) is 28.8. The van der Waals surface area contributed by atoms with Gasteiger partial charge in [0.15, 0.2) is 0 Å². The quantitative estimate of drug-likeness (QED) is 0.696. The van der Waals surface area contributed by atoms with Gasteiger partial charge in [-0.2, -0.15) is 0 Å². The van der Waals surface area contributed by atoms with Crippen LogP contribution in [-0.4, -0.2) is 16.8 Å². The summed E-state index contributed by atoms with van der Waals surface area (Å²) in [5.41, 5.74) is 6.85. The number of carbonyl (C=O) groups excluding carboxylic acids is 2. The Morgan fingerprint density at radius 2 is 1.83 bits per heavy atom. The van der Waals surface area contributed by atoms with Crippen LogP contribution in [0.1, 0.15) is 20.7 Å². The first-order valence-electron chi connectivity index (χ1n) is 6.97. The SMILES string of the molecule is NC(=O)c1cc(-c2ccccc2)sc1NC(=O)c1cccnc1Cl. The van der Waals surface area contributed by atoms with Gasteiger partial charge in [-0.15, -0.1) is 11.3 Å². The molecule has 2 amide bonds. The molecule has 7 heteroatoms. The normalized spacial score (nSPS) is 10.4. The van der Waals surface area contributed by atoms with Crippen LogP contribution in [0, 0.1) is 0 Å². The average Bonchev–Trinajstić information content (AvgIpc) is 3.00. The lowest BCUT2D eigenvalue weighted by Crippen LogP contribution is -2.17. The minimum Gasteiger partial charge on any atom is -0.366 e. The number of nitrogens with two attached hydrogens (primary N) is 1. The molecule has 2 aromatic heterocycles. The van der Waals surface area contributed by atoms with Crippen LogP contribution in [0.4, 0.5) is 5.00 Å². The van der Waals surface area contributed by atoms with Gasteiger partial charge in [-0.3, -0.25) is 9.59 Å². The molecule has 0 radical (unpaired) electrons. The molecule has 0 atom stereocenters. The number of hydrogen-bond donors (Lipinski definition) is 2. The first kappa shape index (κ1) is 16.2. The predicted octanol–water partition coefficient (Wildman–Crippen LogP) is 3.81. The molecular weight excluding hydrogens is 346 g/mol. The molecule has 0 aliphatic rings. The number of primary amides is 1. The average molecular weight is 358 g/mol. The van der Waals surface area contributed by atoms with Gasteiger partial charge in [0.25, 0.3) is 11.8 Å². The van der Waals surface area contributed by atoms with Gasteiger partial charge in [0.1, 0.15) is 10.2 Å². The summed E-state index contributed by atoms with van der Waals surface area (Å²) >= 11 is 7.20. The Balaban J connectivity index is 1.96. The largest absolute Gasteiger partial charge is 0.366 e. The third-order valence-electron chi connectivity index (χ3n) is 3.29. The van der Waals surface area contributed by atoms with Crippen molar-refractivity contribution in [2.45, 2.75) is 0 Å². The minimum atomic E-state index is -0.610. The van der Waals surface area contributed by atoms with Crippen molar-refractivity contribution in [2.75, 3.05) is 5.32 Å². The summed E-state index contributed by atoms with van der Waals surface area (Å²) in [7, 11) is 0. The summed E-state index contributed by atoms with van der Waals surface area (Å²) in [6.45, 7) is 0. The highest BCUT2D eigenvalue weighted by atomic mass is 35.5. The van der Waals surface area contributed by atoms with Crippen LogP contribution in [-0.2, 0) is 0 Å². The van der Waals surface area contributed by atoms with E-state index in [0.717, 1.165) is 10.4 Å². The standard InChI is InChI=1S/C17H12ClN3O2S/c18-14-11(7-4-8-20-14)16(23)21-17-12(15(19)22)9-13(24-17)10-5-2-1-3-6-10/h1-9H,(H2,19,22)(H,21,23). The molecule has 5 nitrogen and oxygen atoms in total. The zero-order valence-corrected chi connectivity index (χ0v) is 13.9. The number of benzene rings is 1. The fraction of sp³-hybridized carbons (Fsp3) is 0. The number of rotatable bonds is 4. The summed E-state index contributed by atoms with van der Waals surface area (Å²) in [5.74, 6) is -1.06. The van der Waals surface area contributed by atoms with Gasteiger partial charge in [0, 0.05) is 11.1 Å². The second kappa shape index (κ2) is 6.82. The van der Waals surface area contributed by atoms with Crippen molar-refractivity contribution in [3.05, 3.63) is 71.0 Å². The second-order valence-electron chi connectivity index (χ2n) is 4.88. The van der Waals surface area contributed by atoms with E-state index < -0.39 is 11.8 Å². The minimum absolute atomic E-state index is 0.0930. The number of carbonyl (C=O) groups is 2. The second-order valence-corrected chi connectivity index (χ2v) is 6.29. The van der Waals surface area contributed by atoms with Crippen LogP contribution >= 0.6 is 22.9 Å². The number of nitrogens with zero attached hydrogens (tertiary/aromatic N) is 1. The fourth-order valence-corrected chi connectivity index (χ4v) is 3.41. The molecule has 0 fully saturated rings. The number of anilines is 1. The van der Waals surface area contributed by atoms with Crippen LogP contribution in [0.25, 0.3) is 10.4 Å². The molecule has 0 aliphatic heterocycles. The Hall–Kier alpha value is -2.70. The third-order valence-corrected chi connectivity index (χ3v) is 4.69. The molecule has 0 saturated carbocycles. The van der Waals surface area contributed by atoms with Crippen LogP contribution in [0.5, 0.6) is 0 Å². The Morgan fingerprint density at radius 1 is 1.08 bits per heavy atom. The molecule has 2 heterocycles. The number of aromatic nitrogens is 1. The number of pyridine rings is 1. The van der Waals surface area contributed by atoms with Crippen molar-refractivity contribution < 1.29 is 9.59 Å². The lowest BCUT2D eigenvalue weighted by Gasteiger charge is -2.05. The molecule has 0 unspecified atom stereocenters. The molecule has 120 valence electrons. The molecule has 0 bridgehead atoms. The van der Waals surface area contributed by atoms with E-state index in [2.05, 4.69) is 10.3 Å².